The Hall–Kier alpha value is -3.30. The Morgan fingerprint density at radius 3 is 2.24 bits per heavy atom. The summed E-state index contributed by atoms with van der Waals surface area (Å²) >= 11 is 0. The molecule has 20 atom stereocenters. The van der Waals surface area contributed by atoms with Gasteiger partial charge in [-0.1, -0.05) is 32.8 Å². The zero-order valence-corrected chi connectivity index (χ0v) is 31.9. The van der Waals surface area contributed by atoms with Gasteiger partial charge in [-0.3, -0.25) is 19.2 Å². The van der Waals surface area contributed by atoms with E-state index in [0.717, 1.165) is 0 Å². The Bertz CT molecular complexity index is 1750. The minimum Gasteiger partial charge on any atom is -0.462 e. The number of Topliss-reactive ketones (excluding diaryl/α,β-unsaturated/α-hetero) is 1. The fourth-order valence-electron chi connectivity index (χ4n) is 13.9. The standard InChI is InChI=1S/C38H51N3O13/c1-14-22-21(26(45)28(52-20(44)11-9-10-12-40-41-39)18-13-19-29(51-19)32(34(18,22)5)50-17(4)43)24-27(46)25-23(35(24,6)30(14)49-16(3)42)15(2)31-38(53-31)36(25,7)37(8,48)33(47)54-38/h14-15,18-19,21-25,27-32,46,48H,9-13H2,1-8H3/t14-,15-,18+,19-,21+,22-,23-,24+,25-,27+,28?,29-,30-,31+,32-,34-,35+,36-,37+,38-/m0/s1. The Balaban J connectivity index is 1.28. The lowest BCUT2D eigenvalue weighted by atomic mass is 9.39. The number of carbonyl (C=O) groups excluding carboxylic acids is 5. The van der Waals surface area contributed by atoms with E-state index >= 15 is 4.79 Å². The van der Waals surface area contributed by atoms with Gasteiger partial charge in [-0.2, -0.15) is 0 Å². The lowest BCUT2D eigenvalue weighted by molar-refractivity contribution is -0.249. The Kier molecular flexibility index (Phi) is 8.26. The van der Waals surface area contributed by atoms with E-state index in [9.17, 15) is 29.4 Å². The summed E-state index contributed by atoms with van der Waals surface area (Å²) in [5.74, 6) is -10.0. The molecule has 1 spiro atoms. The number of ether oxygens (including phenoxy) is 6. The molecule has 1 unspecified atom stereocenters. The van der Waals surface area contributed by atoms with E-state index in [1.54, 1.807) is 6.92 Å². The van der Waals surface area contributed by atoms with Crippen molar-refractivity contribution in [2.45, 2.75) is 135 Å². The summed E-state index contributed by atoms with van der Waals surface area (Å²) in [6, 6.07) is 0. The predicted molar refractivity (Wildman–Crippen MR) is 181 cm³/mol. The van der Waals surface area contributed by atoms with Crippen LogP contribution in [0.2, 0.25) is 0 Å². The Morgan fingerprint density at radius 2 is 1.59 bits per heavy atom. The van der Waals surface area contributed by atoms with Crippen molar-refractivity contribution in [3.05, 3.63) is 10.4 Å². The van der Waals surface area contributed by atoms with Crippen molar-refractivity contribution < 1.29 is 62.6 Å². The van der Waals surface area contributed by atoms with Gasteiger partial charge in [0.2, 0.25) is 5.79 Å². The van der Waals surface area contributed by atoms with Crippen LogP contribution in [0.25, 0.3) is 10.4 Å². The molecule has 0 aromatic carbocycles. The van der Waals surface area contributed by atoms with E-state index in [2.05, 4.69) is 10.0 Å². The van der Waals surface area contributed by atoms with Gasteiger partial charge in [0.15, 0.2) is 17.5 Å². The average molecular weight is 758 g/mol. The van der Waals surface area contributed by atoms with Crippen LogP contribution in [-0.2, 0) is 52.4 Å². The van der Waals surface area contributed by atoms with Gasteiger partial charge in [0.05, 0.1) is 17.6 Å². The quantitative estimate of drug-likeness (QED) is 0.0690. The van der Waals surface area contributed by atoms with Gasteiger partial charge in [0.25, 0.3) is 0 Å². The second-order valence-electron chi connectivity index (χ2n) is 18.2. The van der Waals surface area contributed by atoms with Crippen LogP contribution in [0.1, 0.15) is 81.1 Å². The molecule has 3 aliphatic heterocycles. The van der Waals surface area contributed by atoms with Crippen molar-refractivity contribution >= 4 is 29.7 Å². The summed E-state index contributed by atoms with van der Waals surface area (Å²) in [4.78, 5) is 71.0. The molecule has 8 rings (SSSR count). The first-order valence-corrected chi connectivity index (χ1v) is 19.3. The number of unbranched alkanes of at least 4 members (excludes halogenated alkanes) is 1. The molecule has 0 aromatic heterocycles. The van der Waals surface area contributed by atoms with Crippen LogP contribution in [0.4, 0.5) is 0 Å². The van der Waals surface area contributed by atoms with E-state index in [1.165, 1.54) is 20.8 Å². The number of carbonyl (C=O) groups is 5. The second-order valence-corrected chi connectivity index (χ2v) is 18.2. The zero-order chi connectivity index (χ0) is 39.2. The number of epoxide rings is 2. The average Bonchev–Trinajstić information content (AvgIpc) is 4.00. The van der Waals surface area contributed by atoms with Crippen LogP contribution in [-0.4, -0.2) is 101 Å². The highest BCUT2D eigenvalue weighted by Gasteiger charge is 2.93. The molecule has 2 N–H and O–H groups in total. The van der Waals surface area contributed by atoms with Crippen molar-refractivity contribution in [1.82, 2.24) is 0 Å². The first-order valence-electron chi connectivity index (χ1n) is 19.3. The van der Waals surface area contributed by atoms with Crippen LogP contribution in [0.5, 0.6) is 0 Å². The minimum atomic E-state index is -2.08. The first-order chi connectivity index (χ1) is 25.3. The number of rotatable bonds is 8. The molecule has 5 aliphatic carbocycles. The van der Waals surface area contributed by atoms with Gasteiger partial charge in [-0.25, -0.2) is 4.79 Å². The molecule has 16 nitrogen and oxygen atoms in total. The number of fused-ring (bicyclic) bond motifs is 9. The van der Waals surface area contributed by atoms with Crippen LogP contribution >= 0.6 is 0 Å². The smallest absolute Gasteiger partial charge is 0.341 e. The maximum atomic E-state index is 15.5. The first kappa shape index (κ1) is 37.6. The molecule has 3 saturated heterocycles. The zero-order valence-electron chi connectivity index (χ0n) is 31.9. The van der Waals surface area contributed by atoms with Crippen LogP contribution in [0.15, 0.2) is 5.11 Å². The summed E-state index contributed by atoms with van der Waals surface area (Å²) in [5, 5.41) is 28.5. The van der Waals surface area contributed by atoms with E-state index in [4.69, 9.17) is 34.0 Å². The van der Waals surface area contributed by atoms with Crippen molar-refractivity contribution in [3.8, 4) is 0 Å². The lowest BCUT2D eigenvalue weighted by Gasteiger charge is -2.65. The van der Waals surface area contributed by atoms with Gasteiger partial charge in [-0.05, 0) is 62.3 Å². The number of nitrogens with zero attached hydrogens (tertiary/aromatic N) is 3. The molecule has 296 valence electrons. The topological polar surface area (TPSA) is 237 Å². The van der Waals surface area contributed by atoms with Crippen LogP contribution in [0, 0.1) is 63.6 Å². The minimum absolute atomic E-state index is 0.0283. The highest BCUT2D eigenvalue weighted by atomic mass is 16.8. The largest absolute Gasteiger partial charge is 0.462 e. The van der Waals surface area contributed by atoms with Crippen molar-refractivity contribution in [2.24, 2.45) is 68.7 Å². The van der Waals surface area contributed by atoms with Gasteiger partial charge in [0, 0.05) is 66.2 Å². The van der Waals surface area contributed by atoms with Crippen molar-refractivity contribution in [1.29, 1.82) is 0 Å². The highest BCUT2D eigenvalue weighted by molar-refractivity contribution is 5.90. The third-order valence-electron chi connectivity index (χ3n) is 16.0. The van der Waals surface area contributed by atoms with E-state index in [1.807, 2.05) is 27.7 Å². The monoisotopic (exact) mass is 757 g/mol. The molecular weight excluding hydrogens is 706 g/mol. The number of aliphatic hydroxyl groups is 2. The molecule has 0 amide bonds. The highest BCUT2D eigenvalue weighted by Crippen LogP contribution is 2.81. The third-order valence-corrected chi connectivity index (χ3v) is 16.0. The summed E-state index contributed by atoms with van der Waals surface area (Å²) in [5.41, 5.74) is 2.88. The van der Waals surface area contributed by atoms with E-state index in [0.29, 0.717) is 19.3 Å². The molecule has 8 fully saturated rings. The number of hydrogen-bond donors (Lipinski definition) is 2. The molecule has 0 bridgehead atoms. The van der Waals surface area contributed by atoms with E-state index < -0.39 is 130 Å². The summed E-state index contributed by atoms with van der Waals surface area (Å²) in [6.45, 7) is 13.6. The van der Waals surface area contributed by atoms with Crippen molar-refractivity contribution in [2.75, 3.05) is 6.54 Å². The Labute approximate surface area is 312 Å². The molecular formula is C38H51N3O13. The molecule has 0 radical (unpaired) electrons. The van der Waals surface area contributed by atoms with Gasteiger partial charge >= 0.3 is 23.9 Å². The fourth-order valence-corrected chi connectivity index (χ4v) is 13.9. The number of esters is 4. The summed E-state index contributed by atoms with van der Waals surface area (Å²) < 4.78 is 36.8. The maximum Gasteiger partial charge on any atom is 0.341 e. The predicted octanol–water partition coefficient (Wildman–Crippen LogP) is 2.79. The lowest BCUT2D eigenvalue weighted by Crippen LogP contribution is -2.72. The van der Waals surface area contributed by atoms with Gasteiger partial charge < -0.3 is 38.6 Å². The van der Waals surface area contributed by atoms with Crippen LogP contribution in [0.3, 0.4) is 0 Å². The maximum absolute atomic E-state index is 15.5. The van der Waals surface area contributed by atoms with Crippen LogP contribution < -0.4 is 0 Å². The molecule has 54 heavy (non-hydrogen) atoms. The van der Waals surface area contributed by atoms with E-state index in [-0.39, 0.29) is 30.8 Å². The number of azide groups is 1. The van der Waals surface area contributed by atoms with Gasteiger partial charge in [-0.15, -0.1) is 0 Å². The second kappa shape index (κ2) is 11.9. The molecule has 3 heterocycles. The Morgan fingerprint density at radius 1 is 0.926 bits per heavy atom. The molecule has 5 saturated carbocycles. The summed E-state index contributed by atoms with van der Waals surface area (Å²) in [6.07, 6.45) is -4.65. The summed E-state index contributed by atoms with van der Waals surface area (Å²) in [7, 11) is 0. The number of ketones is 1. The molecule has 8 aliphatic rings. The van der Waals surface area contributed by atoms with Crippen molar-refractivity contribution in [3.63, 3.8) is 0 Å². The van der Waals surface area contributed by atoms with Gasteiger partial charge in [0.1, 0.15) is 24.4 Å². The molecule has 0 aromatic rings. The third kappa shape index (κ3) is 4.46. The fraction of sp³-hybridized carbons (Fsp3) is 0.868. The number of hydrogen-bond acceptors (Lipinski definition) is 14. The SMILES string of the molecule is CC(=O)O[C@H]1[C@@H](C)[C@H]2[C@@H](C(=O)C(OC(=O)CCCCN=[N+]=[N-])[C@H]3C[C@@H]4O[C@@H]4[C@H](OC(C)=O)[C@]23C)[C@@H]2[C@@H](O)[C@@H]3[C@H]([C@H](C)[C@H]4O[C@]45OC(=O)[C@@](C)(O)[C@]35C)[C@]21C. The molecule has 16 heteroatoms. The number of aliphatic hydroxyl groups excluding tert-OH is 1. The normalized spacial score (nSPS) is 54.1.